The first-order valence-corrected chi connectivity index (χ1v) is 8.24. The molecule has 2 saturated carbocycles. The zero-order valence-electron chi connectivity index (χ0n) is 13.3. The van der Waals surface area contributed by atoms with E-state index < -0.39 is 31.1 Å². The molecule has 10 heteroatoms. The summed E-state index contributed by atoms with van der Waals surface area (Å²) in [5, 5.41) is 19.0. The van der Waals surface area contributed by atoms with E-state index in [-0.39, 0.29) is 61.4 Å². The van der Waals surface area contributed by atoms with Crippen LogP contribution in [-0.2, 0) is 0 Å². The van der Waals surface area contributed by atoms with Crippen LogP contribution in [0, 0.1) is 5.92 Å². The van der Waals surface area contributed by atoms with Crippen LogP contribution in [0.25, 0.3) is 0 Å². The van der Waals surface area contributed by atoms with Crippen LogP contribution in [0.5, 0.6) is 0 Å². The van der Waals surface area contributed by atoms with Gasteiger partial charge in [0.2, 0.25) is 5.92 Å². The second kappa shape index (κ2) is 6.46. The highest BCUT2D eigenvalue weighted by Crippen LogP contribution is 2.47. The lowest BCUT2D eigenvalue weighted by molar-refractivity contribution is -0.182. The molecule has 0 radical (unpaired) electrons. The van der Waals surface area contributed by atoms with Gasteiger partial charge in [-0.15, -0.1) is 0 Å². The summed E-state index contributed by atoms with van der Waals surface area (Å²) < 4.78 is 64.5. The Morgan fingerprint density at radius 3 is 2.12 bits per heavy atom. The van der Waals surface area contributed by atoms with Crippen LogP contribution in [0.4, 0.5) is 22.0 Å². The van der Waals surface area contributed by atoms with Gasteiger partial charge >= 0.3 is 13.3 Å². The zero-order chi connectivity index (χ0) is 18.4. The molecule has 2 aliphatic rings. The van der Waals surface area contributed by atoms with Gasteiger partial charge in [-0.2, -0.15) is 13.2 Å². The van der Waals surface area contributed by atoms with Crippen LogP contribution in [0.1, 0.15) is 61.9 Å². The fourth-order valence-electron chi connectivity index (χ4n) is 3.68. The third-order valence-corrected chi connectivity index (χ3v) is 5.18. The van der Waals surface area contributed by atoms with Crippen molar-refractivity contribution < 1.29 is 32.0 Å². The van der Waals surface area contributed by atoms with Crippen LogP contribution >= 0.6 is 0 Å². The Bertz CT molecular complexity index is 625. The third-order valence-electron chi connectivity index (χ3n) is 5.18. The predicted molar refractivity (Wildman–Crippen MR) is 79.5 cm³/mol. The van der Waals surface area contributed by atoms with Gasteiger partial charge in [-0.05, 0) is 25.7 Å². The molecule has 0 amide bonds. The van der Waals surface area contributed by atoms with Crippen LogP contribution in [0.3, 0.4) is 0 Å². The van der Waals surface area contributed by atoms with Gasteiger partial charge in [0.25, 0.3) is 0 Å². The van der Waals surface area contributed by atoms with Crippen molar-refractivity contribution in [3.05, 3.63) is 17.7 Å². The molecule has 0 atom stereocenters. The predicted octanol–water partition coefficient (Wildman–Crippen LogP) is 2.51. The maximum absolute atomic E-state index is 13.0. The van der Waals surface area contributed by atoms with E-state index in [1.807, 2.05) is 0 Å². The highest BCUT2D eigenvalue weighted by molar-refractivity contribution is 6.59. The van der Waals surface area contributed by atoms with Crippen LogP contribution in [0.15, 0.2) is 6.20 Å². The minimum absolute atomic E-state index is 0.0327. The van der Waals surface area contributed by atoms with Crippen LogP contribution in [0.2, 0.25) is 0 Å². The maximum Gasteiger partial charge on any atom is 0.491 e. The van der Waals surface area contributed by atoms with Crippen molar-refractivity contribution in [3.63, 3.8) is 0 Å². The van der Waals surface area contributed by atoms with Crippen molar-refractivity contribution in [2.45, 2.75) is 62.5 Å². The quantitative estimate of drug-likeness (QED) is 0.639. The van der Waals surface area contributed by atoms with Crippen molar-refractivity contribution in [2.75, 3.05) is 0 Å². The zero-order valence-corrected chi connectivity index (χ0v) is 13.3. The average molecular weight is 364 g/mol. The van der Waals surface area contributed by atoms with Crippen molar-refractivity contribution >= 4 is 12.6 Å². The monoisotopic (exact) mass is 364 g/mol. The summed E-state index contributed by atoms with van der Waals surface area (Å²) in [6, 6.07) is 0. The molecular formula is C15H18BF5N2O2. The van der Waals surface area contributed by atoms with E-state index in [1.54, 1.807) is 0 Å². The topological polar surface area (TPSA) is 66.2 Å². The highest BCUT2D eigenvalue weighted by Gasteiger charge is 2.48. The van der Waals surface area contributed by atoms with Crippen molar-refractivity contribution in [2.24, 2.45) is 5.92 Å². The van der Waals surface area contributed by atoms with E-state index in [4.69, 9.17) is 0 Å². The molecule has 2 aliphatic carbocycles. The molecule has 1 aromatic rings. The van der Waals surface area contributed by atoms with Crippen LogP contribution < -0.4 is 5.46 Å². The van der Waals surface area contributed by atoms with E-state index in [1.165, 1.54) is 6.20 Å². The first-order valence-electron chi connectivity index (χ1n) is 8.24. The molecule has 0 aromatic carbocycles. The lowest BCUT2D eigenvalue weighted by atomic mass is 9.72. The molecule has 2 fully saturated rings. The van der Waals surface area contributed by atoms with Gasteiger partial charge < -0.3 is 10.0 Å². The number of halogens is 5. The number of alkyl halides is 5. The van der Waals surface area contributed by atoms with Gasteiger partial charge in [0, 0.05) is 42.0 Å². The molecule has 1 heterocycles. The molecule has 4 nitrogen and oxygen atoms in total. The number of rotatable bonds is 3. The van der Waals surface area contributed by atoms with Crippen molar-refractivity contribution in [1.29, 1.82) is 0 Å². The van der Waals surface area contributed by atoms with E-state index >= 15 is 0 Å². The Morgan fingerprint density at radius 1 is 1.04 bits per heavy atom. The van der Waals surface area contributed by atoms with E-state index in [0.29, 0.717) is 0 Å². The Labute approximate surface area is 141 Å². The first-order chi connectivity index (χ1) is 11.6. The van der Waals surface area contributed by atoms with Gasteiger partial charge in [-0.25, -0.2) is 18.7 Å². The number of hydrogen-bond donors (Lipinski definition) is 2. The molecule has 0 saturated heterocycles. The molecule has 2 N–H and O–H groups in total. The van der Waals surface area contributed by atoms with Gasteiger partial charge in [0.05, 0.1) is 5.92 Å². The van der Waals surface area contributed by atoms with E-state index in [0.717, 1.165) is 0 Å². The molecule has 0 spiro atoms. The molecule has 0 unspecified atom stereocenters. The summed E-state index contributed by atoms with van der Waals surface area (Å²) in [4.78, 5) is 8.20. The summed E-state index contributed by atoms with van der Waals surface area (Å²) >= 11 is 0. The largest absolute Gasteiger partial charge is 0.491 e. The Morgan fingerprint density at radius 2 is 1.64 bits per heavy atom. The first kappa shape index (κ1) is 18.5. The second-order valence-electron chi connectivity index (χ2n) is 6.99. The van der Waals surface area contributed by atoms with Gasteiger partial charge in [0.1, 0.15) is 5.82 Å². The lowest BCUT2D eigenvalue weighted by Crippen LogP contribution is -2.39. The summed E-state index contributed by atoms with van der Waals surface area (Å²) in [5.41, 5.74) is 0.307. The summed E-state index contributed by atoms with van der Waals surface area (Å²) in [6.07, 6.45) is -3.48. The number of hydrogen-bond acceptors (Lipinski definition) is 4. The maximum atomic E-state index is 13.0. The normalized spacial score (nSPS) is 27.0. The van der Waals surface area contributed by atoms with E-state index in [9.17, 15) is 32.0 Å². The van der Waals surface area contributed by atoms with Crippen LogP contribution in [-0.4, -0.2) is 39.2 Å². The standard InChI is InChI=1S/C15H18BF5N2O2/c17-14(18)5-9(6-14)13-22-7-11(16(24)25)12(23-13)8-1-3-10(4-2-8)15(19,20)21/h7-10,24-25H,1-6H2/t8-,10+. The number of nitrogens with zero attached hydrogens (tertiary/aromatic N) is 2. The van der Waals surface area contributed by atoms with Gasteiger partial charge in [-0.1, -0.05) is 0 Å². The Balaban J connectivity index is 1.79. The average Bonchev–Trinajstić information content (AvgIpc) is 2.51. The fraction of sp³-hybridized carbons (Fsp3) is 0.733. The minimum Gasteiger partial charge on any atom is -0.423 e. The van der Waals surface area contributed by atoms with Crippen molar-refractivity contribution in [3.8, 4) is 0 Å². The molecule has 1 aromatic heterocycles. The second-order valence-corrected chi connectivity index (χ2v) is 6.99. The highest BCUT2D eigenvalue weighted by atomic mass is 19.4. The summed E-state index contributed by atoms with van der Waals surface area (Å²) in [5.74, 6) is -4.78. The molecule has 0 aliphatic heterocycles. The molecule has 25 heavy (non-hydrogen) atoms. The molecule has 0 bridgehead atoms. The smallest absolute Gasteiger partial charge is 0.423 e. The Hall–Kier alpha value is -1.29. The molecule has 3 rings (SSSR count). The van der Waals surface area contributed by atoms with Crippen molar-refractivity contribution in [1.82, 2.24) is 9.97 Å². The third kappa shape index (κ3) is 3.94. The summed E-state index contributed by atoms with van der Waals surface area (Å²) in [6.45, 7) is 0. The molecule has 138 valence electrons. The molecular weight excluding hydrogens is 346 g/mol. The summed E-state index contributed by atoms with van der Waals surface area (Å²) in [7, 11) is -1.85. The fourth-order valence-corrected chi connectivity index (χ4v) is 3.68. The van der Waals surface area contributed by atoms with E-state index in [2.05, 4.69) is 9.97 Å². The number of aromatic nitrogens is 2. The Kier molecular flexibility index (Phi) is 4.78. The van der Waals surface area contributed by atoms with Gasteiger partial charge in [-0.3, -0.25) is 0 Å². The lowest BCUT2D eigenvalue weighted by Gasteiger charge is -2.35. The minimum atomic E-state index is -4.24. The van der Waals surface area contributed by atoms with Gasteiger partial charge in [0.15, 0.2) is 0 Å². The SMILES string of the molecule is OB(O)c1cnc(C2CC(F)(F)C2)nc1[C@H]1CC[C@@H](C(F)(F)F)CC1.